The molecule has 3 aromatic rings. The van der Waals surface area contributed by atoms with Crippen molar-refractivity contribution in [3.05, 3.63) is 71.3 Å². The molecule has 3 fully saturated rings. The normalized spacial score (nSPS) is 23.6. The first kappa shape index (κ1) is 33.3. The van der Waals surface area contributed by atoms with E-state index in [1.165, 1.54) is 33.0 Å². The maximum absolute atomic E-state index is 13.6. The molecule has 6 rings (SSSR count). The molecule has 0 radical (unpaired) electrons. The third kappa shape index (κ3) is 6.98. The molecular weight excluding hydrogens is 611 g/mol. The standard InChI is InChI=1S/C37H53N5O2S2/c1-6-21-39(24-25-42(3,4)5)36-26-29(32-17-11-12-18-33(32)41(36)30-15-9-7-10-16-30)27-37-38(2)34-20-19-31(28-35(34)45-37)46(43,44)40-22-13-8-14-23-40/h7,9-12,15-18,26-27,31,34-35H,6,8,13-14,19-25,28H2,1-5H3/q+2. The smallest absolute Gasteiger partial charge is 0.283 e. The van der Waals surface area contributed by atoms with Crippen LogP contribution in [-0.2, 0) is 10.0 Å². The van der Waals surface area contributed by atoms with Crippen LogP contribution < -0.4 is 9.47 Å². The van der Waals surface area contributed by atoms with Gasteiger partial charge >= 0.3 is 0 Å². The number of pyridine rings is 1. The molecule has 1 aromatic heterocycles. The zero-order valence-corrected chi connectivity index (χ0v) is 30.1. The number of likely N-dealkylation sites (N-methyl/N-ethyl adjacent to an activating group) is 1. The van der Waals surface area contributed by atoms with Crippen molar-refractivity contribution in [1.82, 2.24) is 9.21 Å². The predicted octanol–water partition coefficient (Wildman–Crippen LogP) is 6.12. The molecule has 1 aliphatic carbocycles. The van der Waals surface area contributed by atoms with Gasteiger partial charge < -0.3 is 9.38 Å². The lowest BCUT2D eigenvalue weighted by Gasteiger charge is -2.36. The van der Waals surface area contributed by atoms with E-state index in [2.05, 4.69) is 116 Å². The fraction of sp³-hybridized carbons (Fsp3) is 0.541. The number of thioether (sulfide) groups is 1. The number of aromatic nitrogens is 1. The summed E-state index contributed by atoms with van der Waals surface area (Å²) in [5, 5.41) is 2.50. The van der Waals surface area contributed by atoms with Crippen molar-refractivity contribution in [3.63, 3.8) is 0 Å². The van der Waals surface area contributed by atoms with Gasteiger partial charge in [-0.15, -0.1) is 11.8 Å². The second-order valence-corrected chi connectivity index (χ2v) is 17.9. The predicted molar refractivity (Wildman–Crippen MR) is 194 cm³/mol. The van der Waals surface area contributed by atoms with E-state index in [4.69, 9.17) is 0 Å². The van der Waals surface area contributed by atoms with E-state index in [-0.39, 0.29) is 5.25 Å². The molecule has 0 bridgehead atoms. The van der Waals surface area contributed by atoms with Crippen LogP contribution >= 0.6 is 11.8 Å². The molecule has 0 N–H and O–H groups in total. The Bertz CT molecular complexity index is 1650. The van der Waals surface area contributed by atoms with E-state index in [9.17, 15) is 8.42 Å². The van der Waals surface area contributed by atoms with Crippen molar-refractivity contribution in [2.75, 3.05) is 65.8 Å². The van der Waals surface area contributed by atoms with Crippen LogP contribution in [0.15, 0.2) is 65.7 Å². The molecule has 7 nitrogen and oxygen atoms in total. The van der Waals surface area contributed by atoms with Crippen LogP contribution in [0.2, 0.25) is 0 Å². The molecule has 248 valence electrons. The Labute approximate surface area is 281 Å². The minimum Gasteiger partial charge on any atom is -0.365 e. The molecule has 2 aliphatic heterocycles. The lowest BCUT2D eigenvalue weighted by atomic mass is 9.93. The van der Waals surface area contributed by atoms with Crippen LogP contribution in [0, 0.1) is 0 Å². The maximum atomic E-state index is 13.6. The van der Waals surface area contributed by atoms with Gasteiger partial charge in [-0.3, -0.25) is 4.90 Å². The third-order valence-corrected chi connectivity index (χ3v) is 13.9. The van der Waals surface area contributed by atoms with Crippen molar-refractivity contribution in [1.29, 1.82) is 0 Å². The van der Waals surface area contributed by atoms with Gasteiger partial charge in [0.2, 0.25) is 10.0 Å². The number of hydrogen-bond acceptors (Lipinski definition) is 5. The molecule has 3 heterocycles. The number of anilines is 1. The zero-order valence-electron chi connectivity index (χ0n) is 28.4. The Morgan fingerprint density at radius 3 is 2.41 bits per heavy atom. The van der Waals surface area contributed by atoms with Gasteiger partial charge in [0.15, 0.2) is 0 Å². The molecule has 2 saturated heterocycles. The maximum Gasteiger partial charge on any atom is 0.283 e. The quantitative estimate of drug-likeness (QED) is 0.193. The van der Waals surface area contributed by atoms with Gasteiger partial charge in [-0.1, -0.05) is 49.7 Å². The van der Waals surface area contributed by atoms with Crippen molar-refractivity contribution in [2.24, 2.45) is 0 Å². The van der Waals surface area contributed by atoms with Gasteiger partial charge in [0.1, 0.15) is 24.3 Å². The average Bonchev–Trinajstić information content (AvgIpc) is 3.37. The van der Waals surface area contributed by atoms with E-state index >= 15 is 0 Å². The number of hydrogen-bond donors (Lipinski definition) is 0. The highest BCUT2D eigenvalue weighted by molar-refractivity contribution is 8.04. The summed E-state index contributed by atoms with van der Waals surface area (Å²) >= 11 is 1.89. The monoisotopic (exact) mass is 663 g/mol. The molecule has 1 saturated carbocycles. The van der Waals surface area contributed by atoms with Gasteiger partial charge in [-0.2, -0.15) is 4.57 Å². The van der Waals surface area contributed by atoms with E-state index in [1.54, 1.807) is 4.31 Å². The van der Waals surface area contributed by atoms with Gasteiger partial charge in [-0.25, -0.2) is 12.7 Å². The number of sulfonamides is 1. The van der Waals surface area contributed by atoms with Gasteiger partial charge in [-0.05, 0) is 68.4 Å². The molecular formula is C37H53N5O2S2+2. The number of fused-ring (bicyclic) bond motifs is 2. The van der Waals surface area contributed by atoms with E-state index in [1.807, 2.05) is 11.8 Å². The highest BCUT2D eigenvalue weighted by Gasteiger charge is 2.45. The molecule has 2 aromatic carbocycles. The molecule has 0 spiro atoms. The molecule has 3 atom stereocenters. The Balaban J connectivity index is 1.38. The van der Waals surface area contributed by atoms with E-state index in [0.717, 1.165) is 69.1 Å². The number of benzene rings is 2. The number of rotatable bonds is 10. The summed E-state index contributed by atoms with van der Waals surface area (Å²) in [6.07, 6.45) is 8.99. The highest BCUT2D eigenvalue weighted by Crippen LogP contribution is 2.47. The fourth-order valence-electron chi connectivity index (χ4n) is 7.47. The minimum absolute atomic E-state index is 0.259. The number of piperidine rings is 1. The molecule has 46 heavy (non-hydrogen) atoms. The third-order valence-electron chi connectivity index (χ3n) is 10.0. The summed E-state index contributed by atoms with van der Waals surface area (Å²) in [4.78, 5) is 5.00. The minimum atomic E-state index is -3.24. The Hall–Kier alpha value is -2.59. The molecule has 3 aliphatic rings. The summed E-state index contributed by atoms with van der Waals surface area (Å²) in [6.45, 7) is 6.64. The van der Waals surface area contributed by atoms with Crippen LogP contribution in [-0.4, -0.2) is 99.6 Å². The van der Waals surface area contributed by atoms with Crippen molar-refractivity contribution >= 4 is 44.6 Å². The SMILES string of the molecule is CCCN(CC[N+](C)(C)C)c1cc(/C=C2\SC3CC(S(=O)(=O)N4CCCCC4)CCC3N2C)c2ccccc2[n+]1-c1ccccc1. The van der Waals surface area contributed by atoms with Crippen LogP contribution in [0.4, 0.5) is 5.82 Å². The average molecular weight is 664 g/mol. The van der Waals surface area contributed by atoms with Gasteiger partial charge in [0.25, 0.3) is 5.82 Å². The second kappa shape index (κ2) is 13.9. The summed E-state index contributed by atoms with van der Waals surface area (Å²) in [5.41, 5.74) is 3.58. The van der Waals surface area contributed by atoms with Gasteiger partial charge in [0.05, 0.1) is 38.0 Å². The lowest BCUT2D eigenvalue weighted by molar-refractivity contribution is -0.868. The summed E-state index contributed by atoms with van der Waals surface area (Å²) < 4.78 is 32.4. The molecule has 9 heteroatoms. The topological polar surface area (TPSA) is 47.7 Å². The Kier molecular flexibility index (Phi) is 10.0. The summed E-state index contributed by atoms with van der Waals surface area (Å²) in [6, 6.07) is 22.3. The van der Waals surface area contributed by atoms with E-state index < -0.39 is 10.0 Å². The molecule has 3 unspecified atom stereocenters. The number of quaternary nitrogens is 1. The fourth-order valence-corrected chi connectivity index (χ4v) is 11.3. The number of para-hydroxylation sites is 2. The van der Waals surface area contributed by atoms with Crippen molar-refractivity contribution in [3.8, 4) is 5.69 Å². The zero-order chi connectivity index (χ0) is 32.5. The van der Waals surface area contributed by atoms with Crippen LogP contribution in [0.1, 0.15) is 57.4 Å². The highest BCUT2D eigenvalue weighted by atomic mass is 32.2. The van der Waals surface area contributed by atoms with Crippen LogP contribution in [0.5, 0.6) is 0 Å². The van der Waals surface area contributed by atoms with Crippen LogP contribution in [0.25, 0.3) is 22.7 Å². The Morgan fingerprint density at radius 1 is 0.978 bits per heavy atom. The first-order chi connectivity index (χ1) is 22.1. The second-order valence-electron chi connectivity index (χ2n) is 14.4. The van der Waals surface area contributed by atoms with Crippen molar-refractivity contribution in [2.45, 2.75) is 68.4 Å². The first-order valence-electron chi connectivity index (χ1n) is 17.3. The van der Waals surface area contributed by atoms with Crippen molar-refractivity contribution < 1.29 is 17.5 Å². The summed E-state index contributed by atoms with van der Waals surface area (Å²) in [7, 11) is 5.76. The number of nitrogens with zero attached hydrogens (tertiary/aromatic N) is 5. The largest absolute Gasteiger partial charge is 0.365 e. The Morgan fingerprint density at radius 2 is 1.70 bits per heavy atom. The summed E-state index contributed by atoms with van der Waals surface area (Å²) in [5.74, 6) is 1.21. The van der Waals surface area contributed by atoms with Crippen LogP contribution in [0.3, 0.4) is 0 Å². The van der Waals surface area contributed by atoms with Gasteiger partial charge in [0, 0.05) is 42.9 Å². The van der Waals surface area contributed by atoms with E-state index in [0.29, 0.717) is 24.4 Å². The first-order valence-corrected chi connectivity index (χ1v) is 19.6. The molecule has 0 amide bonds. The lowest BCUT2D eigenvalue weighted by Crippen LogP contribution is -2.47.